The number of carboxylic acid groups (broad SMARTS) is 1. The third kappa shape index (κ3) is 5.24. The van der Waals surface area contributed by atoms with Crippen molar-refractivity contribution in [3.63, 3.8) is 0 Å². The highest BCUT2D eigenvalue weighted by molar-refractivity contribution is 5.66. The molecule has 0 fully saturated rings. The highest BCUT2D eigenvalue weighted by atomic mass is 16.5. The van der Waals surface area contributed by atoms with Gasteiger partial charge in [0.2, 0.25) is 0 Å². The van der Waals surface area contributed by atoms with Crippen molar-refractivity contribution in [3.8, 4) is 11.5 Å². The summed E-state index contributed by atoms with van der Waals surface area (Å²) in [4.78, 5) is 10.4. The van der Waals surface area contributed by atoms with Crippen LogP contribution in [-0.2, 0) is 4.79 Å². The number of carbonyl (C=O) groups is 1. The number of methoxy groups -OCH3 is 1. The van der Waals surface area contributed by atoms with E-state index in [4.69, 9.17) is 14.6 Å². The Morgan fingerprint density at radius 1 is 1.29 bits per heavy atom. The van der Waals surface area contributed by atoms with E-state index in [1.807, 2.05) is 31.2 Å². The van der Waals surface area contributed by atoms with Crippen LogP contribution in [-0.4, -0.2) is 24.3 Å². The Kier molecular flexibility index (Phi) is 5.33. The van der Waals surface area contributed by atoms with Crippen LogP contribution in [0.4, 0.5) is 0 Å². The van der Waals surface area contributed by atoms with Crippen LogP contribution in [0.3, 0.4) is 0 Å². The molecule has 1 unspecified atom stereocenters. The summed E-state index contributed by atoms with van der Waals surface area (Å²) >= 11 is 0. The molecule has 0 saturated heterocycles. The van der Waals surface area contributed by atoms with Gasteiger partial charge in [-0.1, -0.05) is 0 Å². The average molecular weight is 238 g/mol. The van der Waals surface area contributed by atoms with Crippen LogP contribution in [0, 0.1) is 0 Å². The van der Waals surface area contributed by atoms with Crippen LogP contribution < -0.4 is 9.47 Å². The lowest BCUT2D eigenvalue weighted by Crippen LogP contribution is -2.12. The fraction of sp³-hybridized carbons (Fsp3) is 0.462. The summed E-state index contributed by atoms with van der Waals surface area (Å²) in [6.07, 6.45) is 1.57. The Morgan fingerprint density at radius 2 is 1.88 bits per heavy atom. The molecule has 0 saturated carbocycles. The summed E-state index contributed by atoms with van der Waals surface area (Å²) < 4.78 is 10.7. The maximum Gasteiger partial charge on any atom is 0.303 e. The minimum absolute atomic E-state index is 0.0164. The van der Waals surface area contributed by atoms with E-state index in [-0.39, 0.29) is 12.5 Å². The van der Waals surface area contributed by atoms with Gasteiger partial charge < -0.3 is 14.6 Å². The number of benzene rings is 1. The van der Waals surface area contributed by atoms with E-state index in [1.165, 1.54) is 0 Å². The van der Waals surface area contributed by atoms with Gasteiger partial charge in [-0.25, -0.2) is 0 Å². The SMILES string of the molecule is COc1ccc(OC(C)CCCC(=O)O)cc1. The summed E-state index contributed by atoms with van der Waals surface area (Å²) in [6.45, 7) is 1.94. The Bertz CT molecular complexity index is 345. The van der Waals surface area contributed by atoms with Gasteiger partial charge in [-0.15, -0.1) is 0 Å². The first-order valence-electron chi connectivity index (χ1n) is 5.64. The number of rotatable bonds is 7. The molecular formula is C13H18O4. The first-order valence-corrected chi connectivity index (χ1v) is 5.64. The highest BCUT2D eigenvalue weighted by Crippen LogP contribution is 2.19. The molecule has 1 rings (SSSR count). The number of aliphatic carboxylic acids is 1. The number of hydrogen-bond acceptors (Lipinski definition) is 3. The molecule has 0 spiro atoms. The van der Waals surface area contributed by atoms with Crippen LogP contribution in [0.5, 0.6) is 11.5 Å². The monoisotopic (exact) mass is 238 g/mol. The number of ether oxygens (including phenoxy) is 2. The molecule has 1 aromatic rings. The van der Waals surface area contributed by atoms with E-state index >= 15 is 0 Å². The summed E-state index contributed by atoms with van der Waals surface area (Å²) in [7, 11) is 1.62. The molecule has 1 atom stereocenters. The molecule has 94 valence electrons. The van der Waals surface area contributed by atoms with Gasteiger partial charge in [0.1, 0.15) is 11.5 Å². The Balaban J connectivity index is 2.34. The summed E-state index contributed by atoms with van der Waals surface area (Å²) in [5.41, 5.74) is 0. The van der Waals surface area contributed by atoms with Gasteiger partial charge in [-0.2, -0.15) is 0 Å². The molecule has 0 aliphatic rings. The van der Waals surface area contributed by atoms with Gasteiger partial charge in [0.15, 0.2) is 0 Å². The maximum absolute atomic E-state index is 10.4. The molecule has 0 heterocycles. The van der Waals surface area contributed by atoms with Crippen molar-refractivity contribution >= 4 is 5.97 Å². The third-order valence-electron chi connectivity index (χ3n) is 2.40. The molecule has 0 amide bonds. The van der Waals surface area contributed by atoms with E-state index in [2.05, 4.69) is 0 Å². The molecule has 17 heavy (non-hydrogen) atoms. The van der Waals surface area contributed by atoms with Crippen molar-refractivity contribution in [2.75, 3.05) is 7.11 Å². The molecule has 4 heteroatoms. The van der Waals surface area contributed by atoms with Gasteiger partial charge in [0, 0.05) is 6.42 Å². The zero-order chi connectivity index (χ0) is 12.7. The molecule has 0 aromatic heterocycles. The summed E-state index contributed by atoms with van der Waals surface area (Å²) in [6, 6.07) is 7.34. The van der Waals surface area contributed by atoms with Gasteiger partial charge >= 0.3 is 5.97 Å². The summed E-state index contributed by atoms with van der Waals surface area (Å²) in [5.74, 6) is 0.797. The highest BCUT2D eigenvalue weighted by Gasteiger charge is 2.05. The molecule has 0 radical (unpaired) electrons. The lowest BCUT2D eigenvalue weighted by molar-refractivity contribution is -0.137. The lowest BCUT2D eigenvalue weighted by atomic mass is 10.2. The maximum atomic E-state index is 10.4. The second-order valence-electron chi connectivity index (χ2n) is 3.89. The Labute approximate surface area is 101 Å². The van der Waals surface area contributed by atoms with Crippen molar-refractivity contribution in [3.05, 3.63) is 24.3 Å². The van der Waals surface area contributed by atoms with Gasteiger partial charge in [0.25, 0.3) is 0 Å². The molecule has 0 aliphatic heterocycles. The van der Waals surface area contributed by atoms with E-state index in [9.17, 15) is 4.79 Å². The van der Waals surface area contributed by atoms with Crippen molar-refractivity contribution in [1.82, 2.24) is 0 Å². The second-order valence-corrected chi connectivity index (χ2v) is 3.89. The fourth-order valence-electron chi connectivity index (χ4n) is 1.49. The van der Waals surface area contributed by atoms with E-state index < -0.39 is 5.97 Å². The van der Waals surface area contributed by atoms with Gasteiger partial charge in [-0.05, 0) is 44.0 Å². The van der Waals surface area contributed by atoms with Gasteiger partial charge in [-0.3, -0.25) is 4.79 Å². The molecule has 0 bridgehead atoms. The molecule has 1 aromatic carbocycles. The largest absolute Gasteiger partial charge is 0.497 e. The fourth-order valence-corrected chi connectivity index (χ4v) is 1.49. The Morgan fingerprint density at radius 3 is 2.41 bits per heavy atom. The van der Waals surface area contributed by atoms with E-state index in [1.54, 1.807) is 7.11 Å². The van der Waals surface area contributed by atoms with Crippen LogP contribution in [0.15, 0.2) is 24.3 Å². The smallest absolute Gasteiger partial charge is 0.303 e. The third-order valence-corrected chi connectivity index (χ3v) is 2.40. The average Bonchev–Trinajstić information content (AvgIpc) is 2.29. The second kappa shape index (κ2) is 6.78. The van der Waals surface area contributed by atoms with Crippen LogP contribution >= 0.6 is 0 Å². The minimum atomic E-state index is -0.762. The number of carboxylic acids is 1. The predicted molar refractivity (Wildman–Crippen MR) is 64.6 cm³/mol. The van der Waals surface area contributed by atoms with Crippen molar-refractivity contribution in [2.24, 2.45) is 0 Å². The molecular weight excluding hydrogens is 220 g/mol. The van der Waals surface area contributed by atoms with Crippen molar-refractivity contribution in [2.45, 2.75) is 32.3 Å². The first-order chi connectivity index (χ1) is 8.11. The zero-order valence-electron chi connectivity index (χ0n) is 10.2. The van der Waals surface area contributed by atoms with Crippen molar-refractivity contribution in [1.29, 1.82) is 0 Å². The zero-order valence-corrected chi connectivity index (χ0v) is 10.2. The van der Waals surface area contributed by atoms with Gasteiger partial charge in [0.05, 0.1) is 13.2 Å². The van der Waals surface area contributed by atoms with E-state index in [0.29, 0.717) is 6.42 Å². The quantitative estimate of drug-likeness (QED) is 0.793. The standard InChI is InChI=1S/C13H18O4/c1-10(4-3-5-13(14)15)17-12-8-6-11(16-2)7-9-12/h6-10H,3-5H2,1-2H3,(H,14,15). The first kappa shape index (κ1) is 13.4. The van der Waals surface area contributed by atoms with Crippen LogP contribution in [0.2, 0.25) is 0 Å². The molecule has 1 N–H and O–H groups in total. The van der Waals surface area contributed by atoms with Crippen LogP contribution in [0.25, 0.3) is 0 Å². The topological polar surface area (TPSA) is 55.8 Å². The lowest BCUT2D eigenvalue weighted by Gasteiger charge is -2.14. The normalized spacial score (nSPS) is 11.9. The van der Waals surface area contributed by atoms with Crippen molar-refractivity contribution < 1.29 is 19.4 Å². The summed E-state index contributed by atoms with van der Waals surface area (Å²) in [5, 5.41) is 8.52. The number of hydrogen-bond donors (Lipinski definition) is 1. The minimum Gasteiger partial charge on any atom is -0.497 e. The van der Waals surface area contributed by atoms with E-state index in [0.717, 1.165) is 17.9 Å². The van der Waals surface area contributed by atoms with Crippen LogP contribution in [0.1, 0.15) is 26.2 Å². The Hall–Kier alpha value is -1.71. The molecule has 4 nitrogen and oxygen atoms in total. The predicted octanol–water partition coefficient (Wildman–Crippen LogP) is 2.72. The molecule has 0 aliphatic carbocycles.